The lowest BCUT2D eigenvalue weighted by molar-refractivity contribution is 0.671. The molecule has 0 aliphatic rings. The fourth-order valence-corrected chi connectivity index (χ4v) is 2.66. The highest BCUT2D eigenvalue weighted by Gasteiger charge is 2.13. The van der Waals surface area contributed by atoms with Gasteiger partial charge in [-0.05, 0) is 43.7 Å². The minimum Gasteiger partial charge on any atom is -0.350 e. The first-order valence-corrected chi connectivity index (χ1v) is 8.55. The summed E-state index contributed by atoms with van der Waals surface area (Å²) in [4.78, 5) is 11.0. The molecule has 0 spiro atoms. The van der Waals surface area contributed by atoms with E-state index in [9.17, 15) is 0 Å². The molecule has 1 heterocycles. The van der Waals surface area contributed by atoms with Gasteiger partial charge in [-0.1, -0.05) is 30.3 Å². The first-order valence-electron chi connectivity index (χ1n) is 8.55. The minimum absolute atomic E-state index is 0.299. The molecule has 1 N–H and O–H groups in total. The van der Waals surface area contributed by atoms with E-state index in [1.807, 2.05) is 36.4 Å². The molecule has 5 nitrogen and oxygen atoms in total. The monoisotopic (exact) mass is 343 g/mol. The van der Waals surface area contributed by atoms with Crippen LogP contribution in [0.2, 0.25) is 0 Å². The van der Waals surface area contributed by atoms with E-state index in [0.717, 1.165) is 23.9 Å². The Balaban J connectivity index is 1.80. The topological polar surface area (TPSA) is 64.8 Å². The van der Waals surface area contributed by atoms with Gasteiger partial charge in [0.25, 0.3) is 0 Å². The summed E-state index contributed by atoms with van der Waals surface area (Å²) in [5.74, 6) is 1.59. The molecule has 0 amide bonds. The summed E-state index contributed by atoms with van der Waals surface area (Å²) in [5.41, 5.74) is 2.75. The number of rotatable bonds is 6. The Kier molecular flexibility index (Phi) is 5.45. The molecule has 1 aromatic heterocycles. The molecule has 0 bridgehead atoms. The Morgan fingerprint density at radius 1 is 1.04 bits per heavy atom. The van der Waals surface area contributed by atoms with Crippen LogP contribution in [0.5, 0.6) is 0 Å². The Morgan fingerprint density at radius 3 is 2.42 bits per heavy atom. The van der Waals surface area contributed by atoms with Crippen LogP contribution < -0.4 is 10.2 Å². The molecule has 0 unspecified atom stereocenters. The molecule has 2 aromatic carbocycles. The number of hydrogen-bond donors (Lipinski definition) is 1. The summed E-state index contributed by atoms with van der Waals surface area (Å²) in [7, 11) is 0. The van der Waals surface area contributed by atoms with Gasteiger partial charge in [0.1, 0.15) is 18.0 Å². The standard InChI is InChI=1S/C21H21N5/c1-16(2)26(14-18-6-4-3-5-7-18)21-12-20(23-15-24-21)25-19-10-8-17(13-22)9-11-19/h3-12,15-16H,14H2,1-2H3,(H,23,24,25). The molecular weight excluding hydrogens is 322 g/mol. The zero-order valence-electron chi connectivity index (χ0n) is 14.9. The summed E-state index contributed by atoms with van der Waals surface area (Å²) in [6.45, 7) is 5.09. The molecular formula is C21H21N5. The third-order valence-corrected chi connectivity index (χ3v) is 4.05. The molecule has 0 aliphatic carbocycles. The second-order valence-electron chi connectivity index (χ2n) is 6.28. The van der Waals surface area contributed by atoms with Crippen molar-refractivity contribution in [3.05, 3.63) is 78.1 Å². The highest BCUT2D eigenvalue weighted by atomic mass is 15.2. The van der Waals surface area contributed by atoms with Crippen molar-refractivity contribution < 1.29 is 0 Å². The zero-order chi connectivity index (χ0) is 18.4. The first-order chi connectivity index (χ1) is 12.7. The lowest BCUT2D eigenvalue weighted by Crippen LogP contribution is -2.31. The van der Waals surface area contributed by atoms with Crippen molar-refractivity contribution in [2.45, 2.75) is 26.4 Å². The van der Waals surface area contributed by atoms with Crippen LogP contribution >= 0.6 is 0 Å². The second-order valence-corrected chi connectivity index (χ2v) is 6.28. The second kappa shape index (κ2) is 8.13. The number of benzene rings is 2. The molecule has 3 aromatic rings. The van der Waals surface area contributed by atoms with E-state index in [0.29, 0.717) is 11.6 Å². The average molecular weight is 343 g/mol. The van der Waals surface area contributed by atoms with E-state index in [1.54, 1.807) is 18.5 Å². The third-order valence-electron chi connectivity index (χ3n) is 4.05. The van der Waals surface area contributed by atoms with Crippen molar-refractivity contribution in [1.82, 2.24) is 9.97 Å². The van der Waals surface area contributed by atoms with Crippen LogP contribution in [-0.2, 0) is 6.54 Å². The molecule has 0 atom stereocenters. The summed E-state index contributed by atoms with van der Waals surface area (Å²) >= 11 is 0. The number of hydrogen-bond acceptors (Lipinski definition) is 5. The molecule has 26 heavy (non-hydrogen) atoms. The quantitative estimate of drug-likeness (QED) is 0.713. The normalized spacial score (nSPS) is 10.4. The Labute approximate surface area is 154 Å². The predicted molar refractivity (Wildman–Crippen MR) is 104 cm³/mol. The van der Waals surface area contributed by atoms with Crippen LogP contribution in [0.3, 0.4) is 0 Å². The van der Waals surface area contributed by atoms with Crippen molar-refractivity contribution in [1.29, 1.82) is 5.26 Å². The number of nitrogens with one attached hydrogen (secondary N) is 1. The van der Waals surface area contributed by atoms with Gasteiger partial charge >= 0.3 is 0 Å². The maximum absolute atomic E-state index is 8.89. The average Bonchev–Trinajstić information content (AvgIpc) is 2.67. The first kappa shape index (κ1) is 17.4. The lowest BCUT2D eigenvalue weighted by Gasteiger charge is -2.28. The van der Waals surface area contributed by atoms with Gasteiger partial charge in [-0.2, -0.15) is 5.26 Å². The van der Waals surface area contributed by atoms with Crippen molar-refractivity contribution in [2.24, 2.45) is 0 Å². The largest absolute Gasteiger partial charge is 0.350 e. The van der Waals surface area contributed by atoms with Gasteiger partial charge in [0.15, 0.2) is 0 Å². The van der Waals surface area contributed by atoms with Gasteiger partial charge in [0, 0.05) is 24.3 Å². The molecule has 0 fully saturated rings. The highest BCUT2D eigenvalue weighted by Crippen LogP contribution is 2.22. The number of aromatic nitrogens is 2. The van der Waals surface area contributed by atoms with Gasteiger partial charge in [0.2, 0.25) is 0 Å². The molecule has 0 saturated carbocycles. The number of nitrogens with zero attached hydrogens (tertiary/aromatic N) is 4. The number of anilines is 3. The van der Waals surface area contributed by atoms with E-state index < -0.39 is 0 Å². The fourth-order valence-electron chi connectivity index (χ4n) is 2.66. The van der Waals surface area contributed by atoms with Crippen molar-refractivity contribution in [3.63, 3.8) is 0 Å². The van der Waals surface area contributed by atoms with Gasteiger partial charge < -0.3 is 10.2 Å². The zero-order valence-corrected chi connectivity index (χ0v) is 14.9. The Morgan fingerprint density at radius 2 is 1.77 bits per heavy atom. The van der Waals surface area contributed by atoms with Gasteiger partial charge in [0.05, 0.1) is 11.6 Å². The van der Waals surface area contributed by atoms with E-state index in [2.05, 4.69) is 52.2 Å². The molecule has 3 rings (SSSR count). The van der Waals surface area contributed by atoms with Crippen LogP contribution in [-0.4, -0.2) is 16.0 Å². The van der Waals surface area contributed by atoms with Crippen LogP contribution in [0.4, 0.5) is 17.3 Å². The predicted octanol–water partition coefficient (Wildman–Crippen LogP) is 4.51. The summed E-state index contributed by atoms with van der Waals surface area (Å²) in [6.07, 6.45) is 1.57. The maximum Gasteiger partial charge on any atom is 0.135 e. The summed E-state index contributed by atoms with van der Waals surface area (Å²) in [6, 6.07) is 22.0. The van der Waals surface area contributed by atoms with E-state index in [-0.39, 0.29) is 0 Å². The van der Waals surface area contributed by atoms with Gasteiger partial charge in [-0.3, -0.25) is 0 Å². The Bertz CT molecular complexity index is 882. The maximum atomic E-state index is 8.89. The minimum atomic E-state index is 0.299. The van der Waals surface area contributed by atoms with Crippen LogP contribution in [0.15, 0.2) is 67.0 Å². The smallest absolute Gasteiger partial charge is 0.135 e. The third kappa shape index (κ3) is 4.37. The number of nitriles is 1. The Hall–Kier alpha value is -3.39. The van der Waals surface area contributed by atoms with E-state index >= 15 is 0 Å². The van der Waals surface area contributed by atoms with E-state index in [4.69, 9.17) is 5.26 Å². The van der Waals surface area contributed by atoms with Crippen molar-refractivity contribution in [3.8, 4) is 6.07 Å². The molecule has 0 aliphatic heterocycles. The van der Waals surface area contributed by atoms with Gasteiger partial charge in [-0.15, -0.1) is 0 Å². The molecule has 0 radical (unpaired) electrons. The van der Waals surface area contributed by atoms with Crippen LogP contribution in [0.1, 0.15) is 25.0 Å². The fraction of sp³-hybridized carbons (Fsp3) is 0.190. The van der Waals surface area contributed by atoms with Crippen molar-refractivity contribution in [2.75, 3.05) is 10.2 Å². The summed E-state index contributed by atoms with van der Waals surface area (Å²) < 4.78 is 0. The lowest BCUT2D eigenvalue weighted by atomic mass is 10.2. The van der Waals surface area contributed by atoms with E-state index in [1.165, 1.54) is 5.56 Å². The molecule has 130 valence electrons. The van der Waals surface area contributed by atoms with Gasteiger partial charge in [-0.25, -0.2) is 9.97 Å². The molecule has 0 saturated heterocycles. The van der Waals surface area contributed by atoms with Crippen LogP contribution in [0.25, 0.3) is 0 Å². The SMILES string of the molecule is CC(C)N(Cc1ccccc1)c1cc(Nc2ccc(C#N)cc2)ncn1. The summed E-state index contributed by atoms with van der Waals surface area (Å²) in [5, 5.41) is 12.2. The highest BCUT2D eigenvalue weighted by molar-refractivity contribution is 5.60. The van der Waals surface area contributed by atoms with Crippen molar-refractivity contribution >= 4 is 17.3 Å². The van der Waals surface area contributed by atoms with Crippen LogP contribution in [0, 0.1) is 11.3 Å². The molecule has 5 heteroatoms.